The number of aryl methyl sites for hydroxylation is 1. The van der Waals surface area contributed by atoms with Gasteiger partial charge in [-0.25, -0.2) is 4.98 Å². The number of nitrogens with zero attached hydrogens (tertiary/aromatic N) is 1. The van der Waals surface area contributed by atoms with Crippen LogP contribution in [0.15, 0.2) is 18.2 Å². The first-order chi connectivity index (χ1) is 7.78. The summed E-state index contributed by atoms with van der Waals surface area (Å²) in [6.45, 7) is 5.17. The molecular formula is C13H14N2S. The SMILES string of the molecule is CCNc1nc2c(s1)Cc1ccc(C)cc1-2. The molecule has 0 bridgehead atoms. The molecule has 0 atom stereocenters. The molecule has 1 heterocycles. The summed E-state index contributed by atoms with van der Waals surface area (Å²) in [5, 5.41) is 4.35. The predicted octanol–water partition coefficient (Wildman–Crippen LogP) is 3.45. The van der Waals surface area contributed by atoms with Crippen LogP contribution in [0.25, 0.3) is 11.3 Å². The molecule has 1 aliphatic rings. The highest BCUT2D eigenvalue weighted by Gasteiger charge is 2.22. The Hall–Kier alpha value is -1.35. The molecule has 0 aliphatic heterocycles. The largest absolute Gasteiger partial charge is 0.362 e. The van der Waals surface area contributed by atoms with Crippen LogP contribution in [0.2, 0.25) is 0 Å². The van der Waals surface area contributed by atoms with Crippen molar-refractivity contribution in [2.75, 3.05) is 11.9 Å². The van der Waals surface area contributed by atoms with Crippen LogP contribution in [0.3, 0.4) is 0 Å². The number of thiazole rings is 1. The minimum absolute atomic E-state index is 0.938. The maximum Gasteiger partial charge on any atom is 0.183 e. The maximum atomic E-state index is 4.67. The van der Waals surface area contributed by atoms with E-state index in [-0.39, 0.29) is 0 Å². The van der Waals surface area contributed by atoms with E-state index in [0.717, 1.165) is 18.1 Å². The van der Waals surface area contributed by atoms with Gasteiger partial charge in [-0.2, -0.15) is 0 Å². The second kappa shape index (κ2) is 3.59. The van der Waals surface area contributed by atoms with Crippen molar-refractivity contribution in [2.24, 2.45) is 0 Å². The summed E-state index contributed by atoms with van der Waals surface area (Å²) in [5.41, 5.74) is 5.25. The summed E-state index contributed by atoms with van der Waals surface area (Å²) in [4.78, 5) is 6.07. The van der Waals surface area contributed by atoms with Gasteiger partial charge in [-0.1, -0.05) is 17.7 Å². The molecule has 0 amide bonds. The van der Waals surface area contributed by atoms with Gasteiger partial charge >= 0.3 is 0 Å². The third kappa shape index (κ3) is 1.43. The van der Waals surface area contributed by atoms with Crippen LogP contribution in [0.1, 0.15) is 22.9 Å². The van der Waals surface area contributed by atoms with Gasteiger partial charge in [-0.3, -0.25) is 0 Å². The minimum atomic E-state index is 0.938. The van der Waals surface area contributed by atoms with E-state index in [1.807, 2.05) is 0 Å². The van der Waals surface area contributed by atoms with Crippen molar-refractivity contribution in [3.8, 4) is 11.3 Å². The van der Waals surface area contributed by atoms with Gasteiger partial charge in [0.05, 0.1) is 5.69 Å². The fraction of sp³-hybridized carbons (Fsp3) is 0.308. The lowest BCUT2D eigenvalue weighted by Crippen LogP contribution is -1.95. The molecule has 0 saturated heterocycles. The van der Waals surface area contributed by atoms with Crippen molar-refractivity contribution >= 4 is 16.5 Å². The smallest absolute Gasteiger partial charge is 0.183 e. The first kappa shape index (κ1) is 9.85. The normalized spacial score (nSPS) is 12.4. The van der Waals surface area contributed by atoms with Gasteiger partial charge in [-0.15, -0.1) is 11.3 Å². The van der Waals surface area contributed by atoms with E-state index in [0.29, 0.717) is 0 Å². The molecular weight excluding hydrogens is 216 g/mol. The molecule has 3 heteroatoms. The molecule has 2 nitrogen and oxygen atoms in total. The molecule has 1 aliphatic carbocycles. The zero-order chi connectivity index (χ0) is 11.1. The molecule has 0 saturated carbocycles. The van der Waals surface area contributed by atoms with Gasteiger partial charge in [-0.05, 0) is 25.5 Å². The molecule has 2 aromatic rings. The van der Waals surface area contributed by atoms with Crippen LogP contribution in [0.4, 0.5) is 5.13 Å². The minimum Gasteiger partial charge on any atom is -0.362 e. The fourth-order valence-corrected chi connectivity index (χ4v) is 3.21. The van der Waals surface area contributed by atoms with Gasteiger partial charge < -0.3 is 5.32 Å². The topological polar surface area (TPSA) is 24.9 Å². The Morgan fingerprint density at radius 3 is 3.12 bits per heavy atom. The molecule has 1 aromatic heterocycles. The van der Waals surface area contributed by atoms with Gasteiger partial charge in [0, 0.05) is 23.4 Å². The molecule has 16 heavy (non-hydrogen) atoms. The first-order valence-corrected chi connectivity index (χ1v) is 6.43. The van der Waals surface area contributed by atoms with Crippen molar-refractivity contribution in [3.63, 3.8) is 0 Å². The average Bonchev–Trinajstić information content (AvgIpc) is 2.76. The lowest BCUT2D eigenvalue weighted by atomic mass is 10.1. The van der Waals surface area contributed by atoms with Crippen molar-refractivity contribution in [2.45, 2.75) is 20.3 Å². The lowest BCUT2D eigenvalue weighted by Gasteiger charge is -2.01. The molecule has 0 spiro atoms. The lowest BCUT2D eigenvalue weighted by molar-refractivity contribution is 1.19. The third-order valence-corrected chi connectivity index (χ3v) is 3.91. The molecule has 82 valence electrons. The van der Waals surface area contributed by atoms with Crippen molar-refractivity contribution in [1.29, 1.82) is 0 Å². The van der Waals surface area contributed by atoms with Gasteiger partial charge in [0.25, 0.3) is 0 Å². The predicted molar refractivity (Wildman–Crippen MR) is 69.3 cm³/mol. The zero-order valence-electron chi connectivity index (χ0n) is 9.50. The highest BCUT2D eigenvalue weighted by molar-refractivity contribution is 7.16. The Morgan fingerprint density at radius 2 is 2.31 bits per heavy atom. The molecule has 0 radical (unpaired) electrons. The van der Waals surface area contributed by atoms with Crippen molar-refractivity contribution in [3.05, 3.63) is 34.2 Å². The van der Waals surface area contributed by atoms with Crippen molar-refractivity contribution < 1.29 is 0 Å². The summed E-state index contributed by atoms with van der Waals surface area (Å²) in [6, 6.07) is 6.66. The highest BCUT2D eigenvalue weighted by atomic mass is 32.1. The van der Waals surface area contributed by atoms with Crippen LogP contribution in [-0.4, -0.2) is 11.5 Å². The van der Waals surface area contributed by atoms with E-state index in [2.05, 4.69) is 42.3 Å². The highest BCUT2D eigenvalue weighted by Crippen LogP contribution is 2.41. The number of rotatable bonds is 2. The van der Waals surface area contributed by atoms with E-state index < -0.39 is 0 Å². The number of benzene rings is 1. The van der Waals surface area contributed by atoms with Gasteiger partial charge in [0.2, 0.25) is 0 Å². The number of hydrogen-bond donors (Lipinski definition) is 1. The van der Waals surface area contributed by atoms with Gasteiger partial charge in [0.15, 0.2) is 5.13 Å². The summed E-state index contributed by atoms with van der Waals surface area (Å²) in [6.07, 6.45) is 1.05. The molecule has 0 fully saturated rings. The first-order valence-electron chi connectivity index (χ1n) is 5.61. The van der Waals surface area contributed by atoms with E-state index in [4.69, 9.17) is 0 Å². The zero-order valence-corrected chi connectivity index (χ0v) is 10.3. The van der Waals surface area contributed by atoms with Crippen LogP contribution >= 0.6 is 11.3 Å². The molecule has 0 unspecified atom stereocenters. The number of fused-ring (bicyclic) bond motifs is 3. The monoisotopic (exact) mass is 230 g/mol. The van der Waals surface area contributed by atoms with Gasteiger partial charge in [0.1, 0.15) is 0 Å². The quantitative estimate of drug-likeness (QED) is 0.729. The number of hydrogen-bond acceptors (Lipinski definition) is 3. The molecule has 3 rings (SSSR count). The van der Waals surface area contributed by atoms with E-state index in [1.54, 1.807) is 11.3 Å². The Labute approximate surface area is 99.4 Å². The van der Waals surface area contributed by atoms with E-state index >= 15 is 0 Å². The summed E-state index contributed by atoms with van der Waals surface area (Å²) in [7, 11) is 0. The second-order valence-electron chi connectivity index (χ2n) is 4.16. The Kier molecular flexibility index (Phi) is 2.21. The summed E-state index contributed by atoms with van der Waals surface area (Å²) < 4.78 is 0. The Morgan fingerprint density at radius 1 is 1.44 bits per heavy atom. The summed E-state index contributed by atoms with van der Waals surface area (Å²) in [5.74, 6) is 0. The molecule has 1 N–H and O–H groups in total. The van der Waals surface area contributed by atoms with Crippen LogP contribution in [-0.2, 0) is 6.42 Å². The van der Waals surface area contributed by atoms with E-state index in [1.165, 1.54) is 27.3 Å². The number of aromatic nitrogens is 1. The number of anilines is 1. The van der Waals surface area contributed by atoms with E-state index in [9.17, 15) is 0 Å². The van der Waals surface area contributed by atoms with Crippen LogP contribution in [0.5, 0.6) is 0 Å². The van der Waals surface area contributed by atoms with Crippen molar-refractivity contribution in [1.82, 2.24) is 4.98 Å². The standard InChI is InChI=1S/C13H14N2S/c1-3-14-13-15-12-10-6-8(2)4-5-9(10)7-11(12)16-13/h4-6H,3,7H2,1-2H3,(H,14,15). The number of nitrogens with one attached hydrogen (secondary N) is 1. The maximum absolute atomic E-state index is 4.67. The second-order valence-corrected chi connectivity index (χ2v) is 5.24. The Bertz CT molecular complexity index is 543. The molecule has 1 aromatic carbocycles. The summed E-state index contributed by atoms with van der Waals surface area (Å²) >= 11 is 1.79. The third-order valence-electron chi connectivity index (χ3n) is 2.90. The fourth-order valence-electron chi connectivity index (χ4n) is 2.15. The Balaban J connectivity index is 2.08. The van der Waals surface area contributed by atoms with Crippen LogP contribution < -0.4 is 5.32 Å². The van der Waals surface area contributed by atoms with Crippen LogP contribution in [0, 0.1) is 6.92 Å². The average molecular weight is 230 g/mol.